The lowest BCUT2D eigenvalue weighted by Crippen LogP contribution is -2.43. The molecule has 1 aromatic heterocycles. The molecule has 1 saturated carbocycles. The SMILES string of the molecule is COc1c(CNC2CCCCC2(C)C)c(C)nn1C. The van der Waals surface area contributed by atoms with Crippen molar-refractivity contribution in [2.45, 2.75) is 59.0 Å². The molecule has 19 heavy (non-hydrogen) atoms. The van der Waals surface area contributed by atoms with E-state index in [4.69, 9.17) is 4.74 Å². The van der Waals surface area contributed by atoms with Gasteiger partial charge in [0.1, 0.15) is 0 Å². The minimum atomic E-state index is 0.390. The van der Waals surface area contributed by atoms with Crippen molar-refractivity contribution in [3.05, 3.63) is 11.3 Å². The second kappa shape index (κ2) is 5.53. The zero-order chi connectivity index (χ0) is 14.0. The summed E-state index contributed by atoms with van der Waals surface area (Å²) in [6.07, 6.45) is 5.28. The molecule has 1 N–H and O–H groups in total. The van der Waals surface area contributed by atoms with Gasteiger partial charge in [-0.15, -0.1) is 0 Å². The molecule has 1 aromatic rings. The minimum Gasteiger partial charge on any atom is -0.481 e. The van der Waals surface area contributed by atoms with Gasteiger partial charge in [0.15, 0.2) is 0 Å². The van der Waals surface area contributed by atoms with E-state index in [9.17, 15) is 0 Å². The number of nitrogens with one attached hydrogen (secondary N) is 1. The Morgan fingerprint density at radius 2 is 2.16 bits per heavy atom. The molecule has 1 atom stereocenters. The van der Waals surface area contributed by atoms with Crippen molar-refractivity contribution in [2.24, 2.45) is 12.5 Å². The van der Waals surface area contributed by atoms with Crippen LogP contribution in [0.5, 0.6) is 5.88 Å². The van der Waals surface area contributed by atoms with Crippen LogP contribution in [0.25, 0.3) is 0 Å². The second-order valence-corrected chi connectivity index (χ2v) is 6.36. The maximum absolute atomic E-state index is 5.45. The van der Waals surface area contributed by atoms with Gasteiger partial charge in [-0.05, 0) is 25.2 Å². The fourth-order valence-electron chi connectivity index (χ4n) is 3.24. The normalized spacial score (nSPS) is 22.5. The molecule has 1 aliphatic rings. The number of hydrogen-bond acceptors (Lipinski definition) is 3. The standard InChI is InChI=1S/C15H27N3O/c1-11-12(14(19-5)18(4)17-11)10-16-13-8-6-7-9-15(13,2)3/h13,16H,6-10H2,1-5H3. The Balaban J connectivity index is 2.06. The van der Waals surface area contributed by atoms with Crippen molar-refractivity contribution in [1.82, 2.24) is 15.1 Å². The first-order chi connectivity index (χ1) is 8.95. The summed E-state index contributed by atoms with van der Waals surface area (Å²) in [6, 6.07) is 0.588. The molecular formula is C15H27N3O. The number of aromatic nitrogens is 2. The summed E-state index contributed by atoms with van der Waals surface area (Å²) in [7, 11) is 3.64. The molecule has 1 fully saturated rings. The van der Waals surface area contributed by atoms with Crippen LogP contribution < -0.4 is 10.1 Å². The number of nitrogens with zero attached hydrogens (tertiary/aromatic N) is 2. The number of methoxy groups -OCH3 is 1. The predicted molar refractivity (Wildman–Crippen MR) is 77.4 cm³/mol. The lowest BCUT2D eigenvalue weighted by Gasteiger charge is -2.39. The summed E-state index contributed by atoms with van der Waals surface area (Å²) in [5.41, 5.74) is 2.63. The summed E-state index contributed by atoms with van der Waals surface area (Å²) in [4.78, 5) is 0. The fraction of sp³-hybridized carbons (Fsp3) is 0.800. The number of rotatable bonds is 4. The van der Waals surface area contributed by atoms with Crippen molar-refractivity contribution in [2.75, 3.05) is 7.11 Å². The summed E-state index contributed by atoms with van der Waals surface area (Å²) >= 11 is 0. The largest absolute Gasteiger partial charge is 0.481 e. The summed E-state index contributed by atoms with van der Waals surface area (Å²) < 4.78 is 7.27. The van der Waals surface area contributed by atoms with Gasteiger partial charge in [-0.3, -0.25) is 0 Å². The average Bonchev–Trinajstić information content (AvgIpc) is 2.61. The van der Waals surface area contributed by atoms with Crippen LogP contribution in [-0.4, -0.2) is 22.9 Å². The molecule has 0 spiro atoms. The molecular weight excluding hydrogens is 238 g/mol. The third-order valence-corrected chi connectivity index (χ3v) is 4.51. The van der Waals surface area contributed by atoms with E-state index in [2.05, 4.69) is 24.3 Å². The zero-order valence-corrected chi connectivity index (χ0v) is 12.9. The Kier molecular flexibility index (Phi) is 4.19. The van der Waals surface area contributed by atoms with Crippen LogP contribution in [0.15, 0.2) is 0 Å². The molecule has 0 radical (unpaired) electrons. The quantitative estimate of drug-likeness (QED) is 0.910. The third-order valence-electron chi connectivity index (χ3n) is 4.51. The first-order valence-electron chi connectivity index (χ1n) is 7.25. The minimum absolute atomic E-state index is 0.390. The van der Waals surface area contributed by atoms with Crippen LogP contribution in [0.2, 0.25) is 0 Å². The Morgan fingerprint density at radius 1 is 1.42 bits per heavy atom. The van der Waals surface area contributed by atoms with Crippen LogP contribution in [0.1, 0.15) is 50.8 Å². The van der Waals surface area contributed by atoms with Gasteiger partial charge in [0, 0.05) is 19.6 Å². The molecule has 0 saturated heterocycles. The van der Waals surface area contributed by atoms with Crippen LogP contribution in [0.4, 0.5) is 0 Å². The van der Waals surface area contributed by atoms with E-state index in [1.54, 1.807) is 7.11 Å². The molecule has 0 aromatic carbocycles. The van der Waals surface area contributed by atoms with E-state index in [0.717, 1.165) is 18.1 Å². The first kappa shape index (κ1) is 14.4. The van der Waals surface area contributed by atoms with Gasteiger partial charge in [-0.25, -0.2) is 4.68 Å². The molecule has 108 valence electrons. The maximum atomic E-state index is 5.45. The average molecular weight is 265 g/mol. The van der Waals surface area contributed by atoms with Gasteiger partial charge in [0.2, 0.25) is 5.88 Å². The lowest BCUT2D eigenvalue weighted by molar-refractivity contribution is 0.166. The Morgan fingerprint density at radius 3 is 2.79 bits per heavy atom. The highest BCUT2D eigenvalue weighted by Gasteiger charge is 2.32. The molecule has 4 nitrogen and oxygen atoms in total. The van der Waals surface area contributed by atoms with Crippen molar-refractivity contribution >= 4 is 0 Å². The van der Waals surface area contributed by atoms with Gasteiger partial charge in [0.25, 0.3) is 0 Å². The summed E-state index contributed by atoms with van der Waals surface area (Å²) in [5, 5.41) is 8.16. The number of aryl methyl sites for hydroxylation is 2. The Bertz CT molecular complexity index is 437. The van der Waals surface area contributed by atoms with Gasteiger partial charge in [-0.2, -0.15) is 5.10 Å². The summed E-state index contributed by atoms with van der Waals surface area (Å²) in [6.45, 7) is 7.64. The Hall–Kier alpha value is -1.03. The van der Waals surface area contributed by atoms with Crippen molar-refractivity contribution < 1.29 is 4.74 Å². The molecule has 1 aliphatic carbocycles. The van der Waals surface area contributed by atoms with Gasteiger partial charge >= 0.3 is 0 Å². The Labute approximate surface area is 116 Å². The van der Waals surface area contributed by atoms with E-state index in [0.29, 0.717) is 11.5 Å². The lowest BCUT2D eigenvalue weighted by atomic mass is 9.73. The molecule has 1 unspecified atom stereocenters. The first-order valence-corrected chi connectivity index (χ1v) is 7.25. The van der Waals surface area contributed by atoms with Gasteiger partial charge < -0.3 is 10.1 Å². The summed E-state index contributed by atoms with van der Waals surface area (Å²) in [5.74, 6) is 0.874. The highest BCUT2D eigenvalue weighted by Crippen LogP contribution is 2.35. The molecule has 4 heteroatoms. The van der Waals surface area contributed by atoms with E-state index in [1.807, 2.05) is 18.7 Å². The van der Waals surface area contributed by atoms with Crippen LogP contribution in [0, 0.1) is 12.3 Å². The van der Waals surface area contributed by atoms with Crippen molar-refractivity contribution in [1.29, 1.82) is 0 Å². The van der Waals surface area contributed by atoms with Crippen LogP contribution >= 0.6 is 0 Å². The molecule has 0 aliphatic heterocycles. The van der Waals surface area contributed by atoms with Crippen LogP contribution in [0.3, 0.4) is 0 Å². The fourth-order valence-corrected chi connectivity index (χ4v) is 3.24. The van der Waals surface area contributed by atoms with Crippen LogP contribution in [-0.2, 0) is 13.6 Å². The monoisotopic (exact) mass is 265 g/mol. The number of ether oxygens (including phenoxy) is 1. The van der Waals surface area contributed by atoms with Crippen molar-refractivity contribution in [3.63, 3.8) is 0 Å². The maximum Gasteiger partial charge on any atom is 0.216 e. The zero-order valence-electron chi connectivity index (χ0n) is 12.9. The molecule has 0 amide bonds. The highest BCUT2D eigenvalue weighted by atomic mass is 16.5. The predicted octanol–water partition coefficient (Wildman–Crippen LogP) is 2.80. The smallest absolute Gasteiger partial charge is 0.216 e. The van der Waals surface area contributed by atoms with Gasteiger partial charge in [-0.1, -0.05) is 26.7 Å². The molecule has 1 heterocycles. The van der Waals surface area contributed by atoms with E-state index >= 15 is 0 Å². The highest BCUT2D eigenvalue weighted by molar-refractivity contribution is 5.30. The van der Waals surface area contributed by atoms with E-state index in [1.165, 1.54) is 31.2 Å². The van der Waals surface area contributed by atoms with E-state index < -0.39 is 0 Å². The third kappa shape index (κ3) is 2.94. The van der Waals surface area contributed by atoms with Crippen molar-refractivity contribution in [3.8, 4) is 5.88 Å². The number of hydrogen-bond donors (Lipinski definition) is 1. The molecule has 2 rings (SSSR count). The van der Waals surface area contributed by atoms with Gasteiger partial charge in [0.05, 0.1) is 18.4 Å². The topological polar surface area (TPSA) is 39.1 Å². The van der Waals surface area contributed by atoms with E-state index in [-0.39, 0.29) is 0 Å². The molecule has 0 bridgehead atoms. The second-order valence-electron chi connectivity index (χ2n) is 6.36.